The van der Waals surface area contributed by atoms with E-state index in [4.69, 9.17) is 28.7 Å². The Bertz CT molecular complexity index is 2550. The number of carboxylic acid groups (broad SMARTS) is 2. The predicted molar refractivity (Wildman–Crippen MR) is 308 cm³/mol. The van der Waals surface area contributed by atoms with E-state index in [1.165, 1.54) is 18.7 Å². The van der Waals surface area contributed by atoms with Crippen LogP contribution in [0.2, 0.25) is 0 Å². The maximum atomic E-state index is 14.2. The maximum Gasteiger partial charge on any atom is 0.326 e. The molecule has 3 saturated heterocycles. The molecular weight excluding hydrogens is 1150 g/mol. The lowest BCUT2D eigenvalue weighted by atomic mass is 10.0. The summed E-state index contributed by atoms with van der Waals surface area (Å²) in [7, 11) is 0. The van der Waals surface area contributed by atoms with Crippen molar-refractivity contribution in [3.05, 3.63) is 0 Å². The molecule has 0 spiro atoms. The molecule has 0 radical (unpaired) electrons. The first kappa shape index (κ1) is 72.8. The van der Waals surface area contributed by atoms with Crippen LogP contribution in [0.1, 0.15) is 112 Å². The average Bonchev–Trinajstić information content (AvgIpc) is 3.23. The fraction of sp³-hybridized carbons (Fsp3) is 0.712. The van der Waals surface area contributed by atoms with Crippen LogP contribution >= 0.6 is 0 Å². The molecule has 3 rings (SSSR count). The second-order valence-corrected chi connectivity index (χ2v) is 21.9. The van der Waals surface area contributed by atoms with Crippen molar-refractivity contribution in [1.82, 2.24) is 57.2 Å². The number of hydrogen-bond acceptors (Lipinski definition) is 18. The van der Waals surface area contributed by atoms with Gasteiger partial charge in [0.1, 0.15) is 60.4 Å². The Morgan fingerprint density at radius 3 is 1.45 bits per heavy atom. The van der Waals surface area contributed by atoms with Crippen molar-refractivity contribution in [2.45, 2.75) is 184 Å². The summed E-state index contributed by atoms with van der Waals surface area (Å²) in [6.07, 6.45) is -1.36. The Morgan fingerprint density at radius 2 is 0.989 bits per heavy atom. The number of nitrogens with one attached hydrogen (secondary N) is 8. The zero-order chi connectivity index (χ0) is 65.4. The molecule has 87 heavy (non-hydrogen) atoms. The second kappa shape index (κ2) is 35.2. The van der Waals surface area contributed by atoms with Gasteiger partial charge in [0.25, 0.3) is 0 Å². The van der Waals surface area contributed by atoms with Gasteiger partial charge in [-0.2, -0.15) is 0 Å². The van der Waals surface area contributed by atoms with Crippen molar-refractivity contribution in [1.29, 1.82) is 0 Å². The average molecular weight is 1240 g/mol. The van der Waals surface area contributed by atoms with Crippen LogP contribution in [0.3, 0.4) is 0 Å². The topological polar surface area (TPSA) is 564 Å². The molecule has 3 fully saturated rings. The van der Waals surface area contributed by atoms with E-state index in [1.54, 1.807) is 13.8 Å². The second-order valence-electron chi connectivity index (χ2n) is 21.9. The third kappa shape index (κ3) is 22.7. The van der Waals surface area contributed by atoms with Crippen molar-refractivity contribution in [2.75, 3.05) is 45.9 Å². The lowest BCUT2D eigenvalue weighted by Gasteiger charge is -2.31. The highest BCUT2D eigenvalue weighted by Crippen LogP contribution is 2.23. The number of nitrogens with zero attached hydrogens (tertiary/aromatic N) is 5. The molecule has 0 saturated carbocycles. The Balaban J connectivity index is 1.70. The van der Waals surface area contributed by atoms with E-state index in [2.05, 4.69) is 52.5 Å². The van der Waals surface area contributed by atoms with E-state index in [9.17, 15) is 82.8 Å². The van der Waals surface area contributed by atoms with Crippen molar-refractivity contribution in [2.24, 2.45) is 44.6 Å². The number of carbonyl (C=O) groups is 13. The smallest absolute Gasteiger partial charge is 0.326 e. The zero-order valence-corrected chi connectivity index (χ0v) is 49.7. The number of nitrogens with two attached hydrogens (primary N) is 5. The molecule has 35 heteroatoms. The quantitative estimate of drug-likeness (QED) is 0.0162. The van der Waals surface area contributed by atoms with E-state index >= 15 is 0 Å². The van der Waals surface area contributed by atoms with Gasteiger partial charge in [-0.25, -0.2) is 4.79 Å². The SMILES string of the molecule is CC(C)[C@H](N)C(=O)N[C@@H](C)C(=O)N1CCC[C@H]1C(=O)N[C@@H](CCCN=C(N)N)C(=O)N[C@H](C(=O)NCC(=O)N[C@@H](C)C(=O)N[C@@H](CCC(=O)O)C(=O)N1CCC[C@H]1C(=O)N[C@@H](CCCN=C(N)N)C(=O)N[C@@H](CO)C(=O)N1CCC[C@H]1C(=O)O)[C@@H](C)O. The standard InChI is InChI=1S/C52H88N18O17/c1-25(2)38(53)45(81)62-27(4)47(83)68-20-8-13-33(68)43(79)64-30(12-7-19-59-52(56)57)42(78)67-39(28(5)72)46(82)60-23-36(73)61-26(3)40(76)65-31(16-17-37(74)75)48(84)69-21-9-14-34(69)44(80)63-29(11-6-18-58-51(54)55)41(77)66-32(24-71)49(85)70-22-10-15-35(70)50(86)87/h25-35,38-39,71-72H,6-24,53H2,1-5H3,(H,60,82)(H,61,73)(H,62,81)(H,63,80)(H,64,79)(H,65,76)(H,66,77)(H,67,78)(H,74,75)(H,86,87)(H4,54,55,58)(H4,56,57,59)/t26-,27-,28+,29-,30-,31-,32-,33-,34-,35-,38-,39-/m0/s1. The number of likely N-dealkylation sites (tertiary alicyclic amines) is 3. The van der Waals surface area contributed by atoms with Gasteiger partial charge in [0.05, 0.1) is 25.3 Å². The van der Waals surface area contributed by atoms with Crippen LogP contribution in [0.15, 0.2) is 9.98 Å². The highest BCUT2D eigenvalue weighted by molar-refractivity contribution is 5.99. The predicted octanol–water partition coefficient (Wildman–Crippen LogP) is -8.08. The summed E-state index contributed by atoms with van der Waals surface area (Å²) in [5, 5.41) is 59.4. The van der Waals surface area contributed by atoms with Gasteiger partial charge in [-0.15, -0.1) is 0 Å². The summed E-state index contributed by atoms with van der Waals surface area (Å²) in [5.41, 5.74) is 27.7. The first-order valence-corrected chi connectivity index (χ1v) is 28.8. The lowest BCUT2D eigenvalue weighted by molar-refractivity contribution is -0.150. The number of carboxylic acids is 2. The van der Waals surface area contributed by atoms with Crippen LogP contribution in [0.25, 0.3) is 0 Å². The Morgan fingerprint density at radius 1 is 0.529 bits per heavy atom. The fourth-order valence-electron chi connectivity index (χ4n) is 9.87. The number of rotatable bonds is 34. The molecule has 0 aliphatic carbocycles. The normalized spacial score (nSPS) is 19.5. The molecule has 35 nitrogen and oxygen atoms in total. The monoisotopic (exact) mass is 1240 g/mol. The largest absolute Gasteiger partial charge is 0.481 e. The Labute approximate surface area is 502 Å². The molecule has 3 aliphatic rings. The fourth-order valence-corrected chi connectivity index (χ4v) is 9.87. The minimum Gasteiger partial charge on any atom is -0.481 e. The third-order valence-electron chi connectivity index (χ3n) is 14.7. The summed E-state index contributed by atoms with van der Waals surface area (Å²) in [4.78, 5) is 184. The minimum atomic E-state index is -1.74. The molecule has 0 unspecified atom stereocenters. The number of guanidine groups is 2. The van der Waals surface area contributed by atoms with Crippen LogP contribution in [0.5, 0.6) is 0 Å². The number of amides is 11. The molecule has 3 aliphatic heterocycles. The number of carbonyl (C=O) groups excluding carboxylic acids is 11. The van der Waals surface area contributed by atoms with Crippen LogP contribution in [-0.4, -0.2) is 242 Å². The summed E-state index contributed by atoms with van der Waals surface area (Å²) in [6, 6.07) is -14.7. The number of aliphatic imine (C=N–C) groups is 2. The van der Waals surface area contributed by atoms with Gasteiger partial charge in [0.15, 0.2) is 11.9 Å². The Hall–Kier alpha value is -8.47. The van der Waals surface area contributed by atoms with Gasteiger partial charge in [0.2, 0.25) is 65.0 Å². The van der Waals surface area contributed by atoms with Gasteiger partial charge in [-0.05, 0) is 97.3 Å². The highest BCUT2D eigenvalue weighted by Gasteiger charge is 2.43. The van der Waals surface area contributed by atoms with E-state index in [0.29, 0.717) is 12.8 Å². The van der Waals surface area contributed by atoms with Gasteiger partial charge < -0.3 is 106 Å². The molecule has 11 amide bonds. The Kier molecular flexibility index (Phi) is 29.5. The van der Waals surface area contributed by atoms with Crippen LogP contribution in [0.4, 0.5) is 0 Å². The molecule has 0 bridgehead atoms. The highest BCUT2D eigenvalue weighted by atomic mass is 16.4. The van der Waals surface area contributed by atoms with E-state index < -0.39 is 175 Å². The summed E-state index contributed by atoms with van der Waals surface area (Å²) in [6.45, 7) is 5.68. The van der Waals surface area contributed by atoms with Crippen molar-refractivity contribution >= 4 is 88.8 Å². The molecule has 0 aromatic heterocycles. The van der Waals surface area contributed by atoms with E-state index in [-0.39, 0.29) is 102 Å². The maximum absolute atomic E-state index is 14.2. The molecule has 22 N–H and O–H groups in total. The molecule has 12 atom stereocenters. The molecule has 3 heterocycles. The van der Waals surface area contributed by atoms with Crippen LogP contribution < -0.4 is 71.2 Å². The first-order chi connectivity index (χ1) is 40.9. The van der Waals surface area contributed by atoms with Crippen LogP contribution in [-0.2, 0) is 62.3 Å². The van der Waals surface area contributed by atoms with Crippen molar-refractivity contribution < 1.29 is 82.8 Å². The number of aliphatic hydroxyl groups is 2. The summed E-state index contributed by atoms with van der Waals surface area (Å²) < 4.78 is 0. The molecule has 0 aromatic rings. The molecule has 488 valence electrons. The first-order valence-electron chi connectivity index (χ1n) is 28.8. The van der Waals surface area contributed by atoms with E-state index in [1.807, 2.05) is 0 Å². The van der Waals surface area contributed by atoms with E-state index in [0.717, 1.165) is 16.7 Å². The molecular formula is C52H88N18O17. The summed E-state index contributed by atoms with van der Waals surface area (Å²) >= 11 is 0. The summed E-state index contributed by atoms with van der Waals surface area (Å²) in [5.74, 6) is -12.9. The lowest BCUT2D eigenvalue weighted by Crippen LogP contribution is -2.60. The van der Waals surface area contributed by atoms with Gasteiger partial charge in [0, 0.05) is 39.1 Å². The zero-order valence-electron chi connectivity index (χ0n) is 49.7. The van der Waals surface area contributed by atoms with Crippen molar-refractivity contribution in [3.8, 4) is 0 Å². The number of aliphatic carboxylic acids is 2. The van der Waals surface area contributed by atoms with Crippen molar-refractivity contribution in [3.63, 3.8) is 0 Å². The third-order valence-corrected chi connectivity index (χ3v) is 14.7. The van der Waals surface area contributed by atoms with Crippen LogP contribution in [0, 0.1) is 5.92 Å². The number of aliphatic hydroxyl groups excluding tert-OH is 2. The van der Waals surface area contributed by atoms with Gasteiger partial charge >= 0.3 is 11.9 Å². The van der Waals surface area contributed by atoms with Gasteiger partial charge in [-0.1, -0.05) is 13.8 Å². The molecule has 0 aromatic carbocycles. The minimum absolute atomic E-state index is 0.00194. The number of hydrogen-bond donors (Lipinski definition) is 17. The van der Waals surface area contributed by atoms with Gasteiger partial charge in [-0.3, -0.25) is 67.5 Å².